The molecule has 1 fully saturated rings. The van der Waals surface area contributed by atoms with Crippen LogP contribution in [0.2, 0.25) is 0 Å². The van der Waals surface area contributed by atoms with Crippen LogP contribution in [0.3, 0.4) is 0 Å². The first kappa shape index (κ1) is 18.8. The van der Waals surface area contributed by atoms with E-state index in [1.54, 1.807) is 0 Å². The number of nitrogens with zero attached hydrogens (tertiary/aromatic N) is 1. The first-order chi connectivity index (χ1) is 10.3. The third kappa shape index (κ3) is 6.61. The van der Waals surface area contributed by atoms with Crippen LogP contribution in [0.5, 0.6) is 0 Å². The third-order valence-corrected chi connectivity index (χ3v) is 4.62. The van der Waals surface area contributed by atoms with Gasteiger partial charge < -0.3 is 21.9 Å². The lowest BCUT2D eigenvalue weighted by atomic mass is 9.84. The molecule has 5 nitrogen and oxygen atoms in total. The number of unbranched alkanes of at least 4 members (excludes halogenated alkanes) is 3. The molecule has 0 saturated carbocycles. The summed E-state index contributed by atoms with van der Waals surface area (Å²) in [7, 11) is 0. The molecule has 1 heterocycles. The fourth-order valence-electron chi connectivity index (χ4n) is 3.34. The Kier molecular flexibility index (Phi) is 10.2. The molecule has 1 aliphatic heterocycles. The second-order valence-electron chi connectivity index (χ2n) is 6.25. The van der Waals surface area contributed by atoms with Gasteiger partial charge in [-0.15, -0.1) is 0 Å². The zero-order valence-corrected chi connectivity index (χ0v) is 13.7. The molecule has 0 amide bonds. The van der Waals surface area contributed by atoms with Crippen LogP contribution in [0.4, 0.5) is 0 Å². The van der Waals surface area contributed by atoms with E-state index in [9.17, 15) is 0 Å². The molecular weight excluding hydrogens is 264 g/mol. The van der Waals surface area contributed by atoms with E-state index in [0.29, 0.717) is 0 Å². The first-order valence-electron chi connectivity index (χ1n) is 8.72. The van der Waals surface area contributed by atoms with E-state index in [2.05, 4.69) is 4.90 Å². The maximum atomic E-state index is 5.85. The Morgan fingerprint density at radius 3 is 1.95 bits per heavy atom. The Labute approximate surface area is 130 Å². The highest BCUT2D eigenvalue weighted by Crippen LogP contribution is 2.31. The van der Waals surface area contributed by atoms with Crippen LogP contribution in [-0.4, -0.2) is 56.4 Å². The number of ether oxygens (including phenoxy) is 1. The summed E-state index contributed by atoms with van der Waals surface area (Å²) in [5.41, 5.74) is 17.2. The van der Waals surface area contributed by atoms with Crippen LogP contribution in [0.15, 0.2) is 0 Å². The van der Waals surface area contributed by atoms with Gasteiger partial charge in [0.15, 0.2) is 0 Å². The van der Waals surface area contributed by atoms with Gasteiger partial charge in [-0.25, -0.2) is 0 Å². The Morgan fingerprint density at radius 1 is 0.810 bits per heavy atom. The van der Waals surface area contributed by atoms with Gasteiger partial charge in [-0.2, -0.15) is 0 Å². The number of hydrogen-bond donors (Lipinski definition) is 3. The second kappa shape index (κ2) is 11.4. The van der Waals surface area contributed by atoms with E-state index in [0.717, 1.165) is 65.2 Å². The van der Waals surface area contributed by atoms with Gasteiger partial charge in [-0.1, -0.05) is 12.8 Å². The Bertz CT molecular complexity index is 240. The minimum Gasteiger partial charge on any atom is -0.378 e. The summed E-state index contributed by atoms with van der Waals surface area (Å²) in [6.07, 6.45) is 9.27. The first-order valence-corrected chi connectivity index (χ1v) is 8.72. The van der Waals surface area contributed by atoms with Crippen LogP contribution >= 0.6 is 0 Å². The third-order valence-electron chi connectivity index (χ3n) is 4.62. The van der Waals surface area contributed by atoms with Crippen LogP contribution in [0.1, 0.15) is 51.4 Å². The quantitative estimate of drug-likeness (QED) is 0.469. The fourth-order valence-corrected chi connectivity index (χ4v) is 3.34. The van der Waals surface area contributed by atoms with Gasteiger partial charge in [-0.3, -0.25) is 4.90 Å². The van der Waals surface area contributed by atoms with Crippen molar-refractivity contribution in [1.29, 1.82) is 0 Å². The number of hydrogen-bond acceptors (Lipinski definition) is 5. The molecule has 1 aliphatic rings. The van der Waals surface area contributed by atoms with Gasteiger partial charge in [0.25, 0.3) is 0 Å². The van der Waals surface area contributed by atoms with Crippen molar-refractivity contribution in [2.45, 2.75) is 56.9 Å². The van der Waals surface area contributed by atoms with Gasteiger partial charge >= 0.3 is 0 Å². The van der Waals surface area contributed by atoms with Crippen molar-refractivity contribution in [3.8, 4) is 0 Å². The zero-order valence-electron chi connectivity index (χ0n) is 13.7. The molecule has 0 aromatic rings. The summed E-state index contributed by atoms with van der Waals surface area (Å²) in [5.74, 6) is 0. The average molecular weight is 300 g/mol. The molecule has 0 aliphatic carbocycles. The topological polar surface area (TPSA) is 90.5 Å². The van der Waals surface area contributed by atoms with E-state index in [4.69, 9.17) is 21.9 Å². The molecule has 1 saturated heterocycles. The Balaban J connectivity index is 2.61. The van der Waals surface area contributed by atoms with Gasteiger partial charge in [0.2, 0.25) is 0 Å². The fraction of sp³-hybridized carbons (Fsp3) is 1.00. The minimum absolute atomic E-state index is 0.206. The van der Waals surface area contributed by atoms with E-state index >= 15 is 0 Å². The van der Waals surface area contributed by atoms with Crippen molar-refractivity contribution in [2.24, 2.45) is 17.2 Å². The molecule has 0 bridgehead atoms. The summed E-state index contributed by atoms with van der Waals surface area (Å²) in [4.78, 5) is 2.67. The predicted octanol–water partition coefficient (Wildman–Crippen LogP) is 1.05. The summed E-state index contributed by atoms with van der Waals surface area (Å²) in [5, 5.41) is 0. The van der Waals surface area contributed by atoms with Crippen LogP contribution in [-0.2, 0) is 4.74 Å². The van der Waals surface area contributed by atoms with Crippen molar-refractivity contribution in [1.82, 2.24) is 4.90 Å². The van der Waals surface area contributed by atoms with Crippen LogP contribution < -0.4 is 17.2 Å². The molecule has 0 spiro atoms. The van der Waals surface area contributed by atoms with Crippen molar-refractivity contribution in [2.75, 3.05) is 45.9 Å². The van der Waals surface area contributed by atoms with E-state index in [1.165, 1.54) is 32.1 Å². The maximum absolute atomic E-state index is 5.85. The highest BCUT2D eigenvalue weighted by molar-refractivity contribution is 4.93. The van der Waals surface area contributed by atoms with E-state index in [1.807, 2.05) is 0 Å². The summed E-state index contributed by atoms with van der Waals surface area (Å²) >= 11 is 0. The van der Waals surface area contributed by atoms with Gasteiger partial charge in [0, 0.05) is 12.1 Å². The number of rotatable bonds is 12. The highest BCUT2D eigenvalue weighted by atomic mass is 16.5. The lowest BCUT2D eigenvalue weighted by Crippen LogP contribution is -2.57. The minimum atomic E-state index is 0.206. The summed E-state index contributed by atoms with van der Waals surface area (Å²) in [6.45, 7) is 6.28. The van der Waals surface area contributed by atoms with Gasteiger partial charge in [-0.05, 0) is 64.7 Å². The van der Waals surface area contributed by atoms with Crippen molar-refractivity contribution >= 4 is 0 Å². The Hall–Kier alpha value is -0.200. The lowest BCUT2D eigenvalue weighted by molar-refractivity contribution is -0.0793. The normalized spacial score (nSPS) is 19.0. The maximum Gasteiger partial charge on any atom is 0.0651 e. The van der Waals surface area contributed by atoms with Gasteiger partial charge in [0.05, 0.1) is 13.2 Å². The predicted molar refractivity (Wildman–Crippen MR) is 89.2 cm³/mol. The molecule has 0 aromatic carbocycles. The molecular formula is C16H36N4O. The second-order valence-corrected chi connectivity index (χ2v) is 6.25. The van der Waals surface area contributed by atoms with Crippen LogP contribution in [0, 0.1) is 0 Å². The van der Waals surface area contributed by atoms with Crippen molar-refractivity contribution in [3.05, 3.63) is 0 Å². The van der Waals surface area contributed by atoms with Gasteiger partial charge in [0.1, 0.15) is 0 Å². The average Bonchev–Trinajstić information content (AvgIpc) is 2.50. The van der Waals surface area contributed by atoms with Crippen molar-refractivity contribution in [3.63, 3.8) is 0 Å². The zero-order chi connectivity index (χ0) is 15.4. The standard InChI is InChI=1S/C16H36N4O/c17-9-3-1-7-16(8-2-4-10-18)15-21-14-13-20(16)12-6-5-11-19/h1-15,17-19H2. The molecule has 1 rings (SSSR count). The molecule has 0 atom stereocenters. The smallest absolute Gasteiger partial charge is 0.0651 e. The molecule has 0 radical (unpaired) electrons. The molecule has 126 valence electrons. The highest BCUT2D eigenvalue weighted by Gasteiger charge is 2.38. The van der Waals surface area contributed by atoms with E-state index < -0.39 is 0 Å². The summed E-state index contributed by atoms with van der Waals surface area (Å²) in [6, 6.07) is 0. The molecule has 5 heteroatoms. The SMILES string of the molecule is NCCCCN1CCOCC1(CCCCN)CCCCN. The molecule has 6 N–H and O–H groups in total. The number of morpholine rings is 1. The monoisotopic (exact) mass is 300 g/mol. The van der Waals surface area contributed by atoms with E-state index in [-0.39, 0.29) is 5.54 Å². The lowest BCUT2D eigenvalue weighted by Gasteiger charge is -2.48. The van der Waals surface area contributed by atoms with Crippen molar-refractivity contribution < 1.29 is 4.74 Å². The Morgan fingerprint density at radius 2 is 1.38 bits per heavy atom. The summed E-state index contributed by atoms with van der Waals surface area (Å²) < 4.78 is 5.85. The largest absolute Gasteiger partial charge is 0.378 e. The number of nitrogens with two attached hydrogens (primary N) is 3. The molecule has 0 unspecified atom stereocenters. The van der Waals surface area contributed by atoms with Crippen LogP contribution in [0.25, 0.3) is 0 Å². The molecule has 21 heavy (non-hydrogen) atoms. The molecule has 0 aromatic heterocycles.